The van der Waals surface area contributed by atoms with Crippen LogP contribution in [0.1, 0.15) is 18.9 Å². The number of benzene rings is 1. The summed E-state index contributed by atoms with van der Waals surface area (Å²) < 4.78 is 42.3. The van der Waals surface area contributed by atoms with Gasteiger partial charge in [-0.2, -0.15) is 13.2 Å². The Morgan fingerprint density at radius 1 is 1.19 bits per heavy atom. The van der Waals surface area contributed by atoms with Gasteiger partial charge in [-0.3, -0.25) is 0 Å². The van der Waals surface area contributed by atoms with Gasteiger partial charge in [0.25, 0.3) is 0 Å². The van der Waals surface area contributed by atoms with Gasteiger partial charge in [0.2, 0.25) is 0 Å². The highest BCUT2D eigenvalue weighted by Crippen LogP contribution is 2.37. The monoisotopic (exact) mass is 234 g/mol. The summed E-state index contributed by atoms with van der Waals surface area (Å²) in [5.41, 5.74) is 9.85. The predicted molar refractivity (Wildman–Crippen MR) is 56.1 cm³/mol. The predicted octanol–water partition coefficient (Wildman–Crippen LogP) is 2.66. The van der Waals surface area contributed by atoms with Crippen LogP contribution in [0.5, 0.6) is 5.75 Å². The lowest BCUT2D eigenvalue weighted by molar-refractivity contribution is -0.137. The number of rotatable bonds is 3. The molecule has 0 aliphatic carbocycles. The van der Waals surface area contributed by atoms with Crippen molar-refractivity contribution in [2.24, 2.45) is 0 Å². The molecular formula is C10H13F3N2O. The Kier molecular flexibility index (Phi) is 3.51. The van der Waals surface area contributed by atoms with Gasteiger partial charge < -0.3 is 16.2 Å². The molecule has 0 heterocycles. The summed E-state index contributed by atoms with van der Waals surface area (Å²) >= 11 is 0. The number of ether oxygens (including phenoxy) is 1. The first-order valence-electron chi connectivity index (χ1n) is 4.75. The van der Waals surface area contributed by atoms with E-state index < -0.39 is 11.7 Å². The fraction of sp³-hybridized carbons (Fsp3) is 0.400. The molecule has 0 radical (unpaired) electrons. The fourth-order valence-electron chi connectivity index (χ4n) is 1.21. The lowest BCUT2D eigenvalue weighted by Crippen LogP contribution is -2.09. The van der Waals surface area contributed by atoms with Crippen LogP contribution < -0.4 is 16.2 Å². The van der Waals surface area contributed by atoms with E-state index in [1.54, 1.807) is 0 Å². The van der Waals surface area contributed by atoms with Gasteiger partial charge in [0.1, 0.15) is 0 Å². The van der Waals surface area contributed by atoms with E-state index in [-0.39, 0.29) is 17.1 Å². The maximum absolute atomic E-state index is 12.4. The van der Waals surface area contributed by atoms with Crippen LogP contribution in [0.3, 0.4) is 0 Å². The van der Waals surface area contributed by atoms with Gasteiger partial charge in [0.15, 0.2) is 5.75 Å². The lowest BCUT2D eigenvalue weighted by Gasteiger charge is -2.14. The van der Waals surface area contributed by atoms with Crippen LogP contribution in [0.2, 0.25) is 0 Å². The molecule has 1 aromatic carbocycles. The second-order valence-electron chi connectivity index (χ2n) is 3.33. The second-order valence-corrected chi connectivity index (χ2v) is 3.33. The molecule has 0 saturated heterocycles. The molecule has 16 heavy (non-hydrogen) atoms. The third-order valence-corrected chi connectivity index (χ3v) is 1.92. The molecule has 0 unspecified atom stereocenters. The van der Waals surface area contributed by atoms with Crippen molar-refractivity contribution in [3.8, 4) is 5.75 Å². The van der Waals surface area contributed by atoms with Crippen LogP contribution in [0, 0.1) is 0 Å². The van der Waals surface area contributed by atoms with Crippen molar-refractivity contribution < 1.29 is 17.9 Å². The maximum Gasteiger partial charge on any atom is 0.416 e. The largest absolute Gasteiger partial charge is 0.489 e. The summed E-state index contributed by atoms with van der Waals surface area (Å²) in [6.45, 7) is 2.23. The minimum absolute atomic E-state index is 0.0965. The number of alkyl halides is 3. The van der Waals surface area contributed by atoms with E-state index in [2.05, 4.69) is 0 Å². The first-order valence-corrected chi connectivity index (χ1v) is 4.75. The van der Waals surface area contributed by atoms with Crippen molar-refractivity contribution in [3.63, 3.8) is 0 Å². The third-order valence-electron chi connectivity index (χ3n) is 1.92. The van der Waals surface area contributed by atoms with Crippen LogP contribution in [-0.2, 0) is 6.18 Å². The zero-order chi connectivity index (χ0) is 12.3. The Labute approximate surface area is 91.2 Å². The third kappa shape index (κ3) is 2.71. The molecule has 0 aliphatic rings. The summed E-state index contributed by atoms with van der Waals surface area (Å²) in [6.07, 6.45) is -3.73. The molecule has 0 fully saturated rings. The molecule has 90 valence electrons. The van der Waals surface area contributed by atoms with E-state index in [4.69, 9.17) is 16.2 Å². The number of nitrogens with two attached hydrogens (primary N) is 2. The van der Waals surface area contributed by atoms with Gasteiger partial charge >= 0.3 is 6.18 Å². The molecule has 0 atom stereocenters. The van der Waals surface area contributed by atoms with Crippen molar-refractivity contribution in [2.45, 2.75) is 19.5 Å². The molecular weight excluding hydrogens is 221 g/mol. The zero-order valence-electron chi connectivity index (χ0n) is 8.77. The minimum Gasteiger partial charge on any atom is -0.489 e. The highest BCUT2D eigenvalue weighted by Gasteiger charge is 2.31. The van der Waals surface area contributed by atoms with Gasteiger partial charge in [-0.25, -0.2) is 0 Å². The Morgan fingerprint density at radius 3 is 2.06 bits per heavy atom. The number of halogens is 3. The van der Waals surface area contributed by atoms with Crippen molar-refractivity contribution in [2.75, 3.05) is 18.1 Å². The van der Waals surface area contributed by atoms with Crippen LogP contribution in [0.25, 0.3) is 0 Å². The van der Waals surface area contributed by atoms with Crippen LogP contribution in [0.4, 0.5) is 24.5 Å². The smallest absolute Gasteiger partial charge is 0.416 e. The number of anilines is 2. The quantitative estimate of drug-likeness (QED) is 0.790. The summed E-state index contributed by atoms with van der Waals surface area (Å²) in [4.78, 5) is 0. The Hall–Kier alpha value is -1.59. The lowest BCUT2D eigenvalue weighted by atomic mass is 10.1. The van der Waals surface area contributed by atoms with Gasteiger partial charge in [-0.1, -0.05) is 6.92 Å². The fourth-order valence-corrected chi connectivity index (χ4v) is 1.21. The van der Waals surface area contributed by atoms with Crippen molar-refractivity contribution in [1.29, 1.82) is 0 Å². The first kappa shape index (κ1) is 12.5. The molecule has 4 N–H and O–H groups in total. The average molecular weight is 234 g/mol. The van der Waals surface area contributed by atoms with Crippen molar-refractivity contribution in [3.05, 3.63) is 17.7 Å². The van der Waals surface area contributed by atoms with Gasteiger partial charge in [0.05, 0.1) is 23.5 Å². The van der Waals surface area contributed by atoms with Gasteiger partial charge in [-0.15, -0.1) is 0 Å². The first-order chi connectivity index (χ1) is 7.36. The van der Waals surface area contributed by atoms with E-state index in [1.165, 1.54) is 0 Å². The summed E-state index contributed by atoms with van der Waals surface area (Å²) in [5.74, 6) is 0.120. The van der Waals surface area contributed by atoms with Gasteiger partial charge in [-0.05, 0) is 18.6 Å². The van der Waals surface area contributed by atoms with Gasteiger partial charge in [0, 0.05) is 0 Å². The maximum atomic E-state index is 12.4. The molecule has 1 aromatic rings. The molecule has 1 rings (SSSR count). The van der Waals surface area contributed by atoms with Crippen LogP contribution in [0.15, 0.2) is 12.1 Å². The summed E-state index contributed by atoms with van der Waals surface area (Å²) in [7, 11) is 0. The molecule has 0 spiro atoms. The van der Waals surface area contributed by atoms with Crippen LogP contribution >= 0.6 is 0 Å². The van der Waals surface area contributed by atoms with E-state index in [0.717, 1.165) is 18.6 Å². The van der Waals surface area contributed by atoms with Crippen molar-refractivity contribution in [1.82, 2.24) is 0 Å². The molecule has 0 saturated carbocycles. The standard InChI is InChI=1S/C10H13F3N2O/c1-2-3-16-9-7(14)4-6(5-8(9)15)10(11,12)13/h4-5H,2-3,14-15H2,1H3. The molecule has 0 amide bonds. The Bertz CT molecular complexity index is 354. The Balaban J connectivity index is 3.08. The number of hydrogen-bond donors (Lipinski definition) is 2. The normalized spacial score (nSPS) is 11.5. The summed E-state index contributed by atoms with van der Waals surface area (Å²) in [6, 6.07) is 1.64. The molecule has 6 heteroatoms. The number of nitrogen functional groups attached to an aromatic ring is 2. The molecule has 0 bridgehead atoms. The van der Waals surface area contributed by atoms with E-state index in [9.17, 15) is 13.2 Å². The number of hydrogen-bond acceptors (Lipinski definition) is 3. The molecule has 0 aliphatic heterocycles. The van der Waals surface area contributed by atoms with Crippen LogP contribution in [-0.4, -0.2) is 6.61 Å². The molecule has 0 aromatic heterocycles. The van der Waals surface area contributed by atoms with E-state index in [0.29, 0.717) is 6.61 Å². The summed E-state index contributed by atoms with van der Waals surface area (Å²) in [5, 5.41) is 0. The topological polar surface area (TPSA) is 61.3 Å². The SMILES string of the molecule is CCCOc1c(N)cc(C(F)(F)F)cc1N. The zero-order valence-corrected chi connectivity index (χ0v) is 8.77. The highest BCUT2D eigenvalue weighted by molar-refractivity contribution is 5.69. The second kappa shape index (κ2) is 4.51. The van der Waals surface area contributed by atoms with E-state index >= 15 is 0 Å². The van der Waals surface area contributed by atoms with E-state index in [1.807, 2.05) is 6.92 Å². The Morgan fingerprint density at radius 2 is 1.69 bits per heavy atom. The highest BCUT2D eigenvalue weighted by atomic mass is 19.4. The molecule has 3 nitrogen and oxygen atoms in total. The minimum atomic E-state index is -4.45. The van der Waals surface area contributed by atoms with Crippen molar-refractivity contribution >= 4 is 11.4 Å². The average Bonchev–Trinajstić information content (AvgIpc) is 2.15.